The van der Waals surface area contributed by atoms with Crippen LogP contribution in [0.2, 0.25) is 0 Å². The molecule has 2 rings (SSSR count). The van der Waals surface area contributed by atoms with Gasteiger partial charge >= 0.3 is 0 Å². The van der Waals surface area contributed by atoms with E-state index in [0.29, 0.717) is 10.7 Å². The lowest BCUT2D eigenvalue weighted by Crippen LogP contribution is -2.40. The first kappa shape index (κ1) is 11.1. The highest BCUT2D eigenvalue weighted by Gasteiger charge is 2.21. The molecule has 0 atom stereocenters. The van der Waals surface area contributed by atoms with Crippen molar-refractivity contribution < 1.29 is 4.79 Å². The lowest BCUT2D eigenvalue weighted by atomic mass is 10.2. The van der Waals surface area contributed by atoms with E-state index in [1.165, 1.54) is 12.8 Å². The van der Waals surface area contributed by atoms with E-state index in [0.717, 1.165) is 12.5 Å². The van der Waals surface area contributed by atoms with Crippen molar-refractivity contribution in [2.24, 2.45) is 5.92 Å². The van der Waals surface area contributed by atoms with Gasteiger partial charge in [-0.1, -0.05) is 18.2 Å². The third kappa shape index (κ3) is 3.31. The van der Waals surface area contributed by atoms with Crippen molar-refractivity contribution in [3.05, 3.63) is 35.9 Å². The van der Waals surface area contributed by atoms with Crippen LogP contribution >= 0.6 is 12.2 Å². The predicted molar refractivity (Wildman–Crippen MR) is 67.2 cm³/mol. The summed E-state index contributed by atoms with van der Waals surface area (Å²) in [6.07, 6.45) is 2.53. The van der Waals surface area contributed by atoms with Crippen LogP contribution in [0.4, 0.5) is 0 Å². The fourth-order valence-corrected chi connectivity index (χ4v) is 1.54. The molecule has 0 bridgehead atoms. The summed E-state index contributed by atoms with van der Waals surface area (Å²) in [5, 5.41) is 6.12. The van der Waals surface area contributed by atoms with Crippen LogP contribution in [0.15, 0.2) is 30.3 Å². The molecule has 0 heterocycles. The number of hydrogen-bond acceptors (Lipinski definition) is 2. The Hall–Kier alpha value is -1.42. The number of hydrogen-bond donors (Lipinski definition) is 2. The first-order chi connectivity index (χ1) is 7.75. The third-order valence-corrected chi connectivity index (χ3v) is 2.76. The van der Waals surface area contributed by atoms with E-state index >= 15 is 0 Å². The van der Waals surface area contributed by atoms with Crippen molar-refractivity contribution in [1.82, 2.24) is 10.6 Å². The summed E-state index contributed by atoms with van der Waals surface area (Å²) in [4.78, 5) is 11.7. The average molecular weight is 234 g/mol. The first-order valence-electron chi connectivity index (χ1n) is 5.40. The number of thiocarbonyl (C=S) groups is 1. The summed E-state index contributed by atoms with van der Waals surface area (Å²) >= 11 is 5.03. The smallest absolute Gasteiger partial charge is 0.257 e. The molecule has 2 N–H and O–H groups in total. The van der Waals surface area contributed by atoms with Crippen molar-refractivity contribution >= 4 is 23.2 Å². The van der Waals surface area contributed by atoms with E-state index in [1.54, 1.807) is 12.1 Å². The Balaban J connectivity index is 1.79. The summed E-state index contributed by atoms with van der Waals surface area (Å²) in [7, 11) is 0. The van der Waals surface area contributed by atoms with Gasteiger partial charge in [0.1, 0.15) is 0 Å². The monoisotopic (exact) mass is 234 g/mol. The van der Waals surface area contributed by atoms with Gasteiger partial charge in [0.25, 0.3) is 5.91 Å². The summed E-state index contributed by atoms with van der Waals surface area (Å²) in [5.41, 5.74) is 0.623. The van der Waals surface area contributed by atoms with E-state index in [4.69, 9.17) is 12.2 Å². The van der Waals surface area contributed by atoms with Crippen molar-refractivity contribution in [3.63, 3.8) is 0 Å². The summed E-state index contributed by atoms with van der Waals surface area (Å²) in [6.45, 7) is 0.869. The van der Waals surface area contributed by atoms with Crippen molar-refractivity contribution in [2.45, 2.75) is 12.8 Å². The van der Waals surface area contributed by atoms with E-state index in [2.05, 4.69) is 10.6 Å². The maximum absolute atomic E-state index is 11.7. The number of benzene rings is 1. The molecule has 0 radical (unpaired) electrons. The Kier molecular flexibility index (Phi) is 3.51. The zero-order chi connectivity index (χ0) is 11.4. The molecule has 1 aromatic carbocycles. The molecule has 0 saturated heterocycles. The zero-order valence-electron chi connectivity index (χ0n) is 8.90. The van der Waals surface area contributed by atoms with E-state index in [1.807, 2.05) is 18.2 Å². The molecule has 84 valence electrons. The maximum Gasteiger partial charge on any atom is 0.257 e. The number of carbonyl (C=O) groups is 1. The van der Waals surface area contributed by atoms with Crippen molar-refractivity contribution in [1.29, 1.82) is 0 Å². The van der Waals surface area contributed by atoms with Crippen LogP contribution < -0.4 is 10.6 Å². The lowest BCUT2D eigenvalue weighted by Gasteiger charge is -2.08. The minimum atomic E-state index is -0.158. The summed E-state index contributed by atoms with van der Waals surface area (Å²) < 4.78 is 0. The molecule has 0 aliphatic heterocycles. The number of carbonyl (C=O) groups excluding carboxylic acids is 1. The number of rotatable bonds is 3. The van der Waals surface area contributed by atoms with Crippen LogP contribution in [-0.2, 0) is 0 Å². The van der Waals surface area contributed by atoms with Gasteiger partial charge < -0.3 is 5.32 Å². The molecule has 16 heavy (non-hydrogen) atoms. The van der Waals surface area contributed by atoms with Gasteiger partial charge in [0.15, 0.2) is 5.11 Å². The van der Waals surface area contributed by atoms with Gasteiger partial charge in [-0.05, 0) is 43.1 Å². The molecular formula is C12H14N2OS. The standard InChI is InChI=1S/C12H14N2OS/c15-11(10-4-2-1-3-5-10)14-12(16)13-8-9-6-7-9/h1-5,9H,6-8H2,(H2,13,14,15,16). The van der Waals surface area contributed by atoms with Crippen LogP contribution in [0.1, 0.15) is 23.2 Å². The van der Waals surface area contributed by atoms with Crippen LogP contribution in [0, 0.1) is 5.92 Å². The summed E-state index contributed by atoms with van der Waals surface area (Å²) in [6, 6.07) is 9.06. The highest BCUT2D eigenvalue weighted by molar-refractivity contribution is 7.80. The molecule has 0 aromatic heterocycles. The Morgan fingerprint density at radius 3 is 2.62 bits per heavy atom. The van der Waals surface area contributed by atoms with Crippen LogP contribution in [-0.4, -0.2) is 17.6 Å². The Labute approximate surface area is 100 Å². The molecule has 1 aromatic rings. The molecule has 3 nitrogen and oxygen atoms in total. The predicted octanol–water partition coefficient (Wildman–Crippen LogP) is 1.70. The quantitative estimate of drug-likeness (QED) is 0.782. The maximum atomic E-state index is 11.7. The largest absolute Gasteiger partial charge is 0.362 e. The third-order valence-electron chi connectivity index (χ3n) is 2.51. The van der Waals surface area contributed by atoms with E-state index < -0.39 is 0 Å². The zero-order valence-corrected chi connectivity index (χ0v) is 9.72. The molecule has 1 aliphatic carbocycles. The molecule has 0 unspecified atom stereocenters. The normalized spacial score (nSPS) is 14.2. The van der Waals surface area contributed by atoms with Gasteiger partial charge in [0.2, 0.25) is 0 Å². The number of amides is 1. The van der Waals surface area contributed by atoms with Gasteiger partial charge in [-0.2, -0.15) is 0 Å². The van der Waals surface area contributed by atoms with Crippen LogP contribution in [0.5, 0.6) is 0 Å². The number of nitrogens with one attached hydrogen (secondary N) is 2. The highest BCUT2D eigenvalue weighted by Crippen LogP contribution is 2.27. The Bertz CT molecular complexity index is 387. The second-order valence-corrected chi connectivity index (χ2v) is 4.38. The fourth-order valence-electron chi connectivity index (χ4n) is 1.37. The summed E-state index contributed by atoms with van der Waals surface area (Å²) in [5.74, 6) is 0.584. The molecule has 1 fully saturated rings. The molecule has 1 saturated carbocycles. The molecule has 0 spiro atoms. The fraction of sp³-hybridized carbons (Fsp3) is 0.333. The van der Waals surface area contributed by atoms with E-state index in [9.17, 15) is 4.79 Å². The van der Waals surface area contributed by atoms with Gasteiger partial charge in [-0.3, -0.25) is 10.1 Å². The molecule has 1 aliphatic rings. The topological polar surface area (TPSA) is 41.1 Å². The van der Waals surface area contributed by atoms with Crippen molar-refractivity contribution in [3.8, 4) is 0 Å². The van der Waals surface area contributed by atoms with Crippen molar-refractivity contribution in [2.75, 3.05) is 6.54 Å². The average Bonchev–Trinajstić information content (AvgIpc) is 3.11. The van der Waals surface area contributed by atoms with E-state index in [-0.39, 0.29) is 5.91 Å². The Morgan fingerprint density at radius 1 is 1.31 bits per heavy atom. The van der Waals surface area contributed by atoms with Gasteiger partial charge in [-0.25, -0.2) is 0 Å². The highest BCUT2D eigenvalue weighted by atomic mass is 32.1. The Morgan fingerprint density at radius 2 is 2.00 bits per heavy atom. The van der Waals surface area contributed by atoms with Gasteiger partial charge in [-0.15, -0.1) is 0 Å². The first-order valence-corrected chi connectivity index (χ1v) is 5.81. The lowest BCUT2D eigenvalue weighted by molar-refractivity contribution is 0.0976. The second-order valence-electron chi connectivity index (χ2n) is 3.97. The second kappa shape index (κ2) is 5.07. The van der Waals surface area contributed by atoms with Gasteiger partial charge in [0.05, 0.1) is 0 Å². The molecular weight excluding hydrogens is 220 g/mol. The molecule has 4 heteroatoms. The minimum Gasteiger partial charge on any atom is -0.362 e. The SMILES string of the molecule is O=C(NC(=S)NCC1CC1)c1ccccc1. The minimum absolute atomic E-state index is 0.158. The van der Waals surface area contributed by atoms with Crippen LogP contribution in [0.3, 0.4) is 0 Å². The van der Waals surface area contributed by atoms with Gasteiger partial charge in [0, 0.05) is 12.1 Å². The molecule has 1 amide bonds. The van der Waals surface area contributed by atoms with Crippen LogP contribution in [0.25, 0.3) is 0 Å².